The normalized spacial score (nSPS) is 16.7. The smallest absolute Gasteiger partial charge is 0.242 e. The molecule has 1 fully saturated rings. The second kappa shape index (κ2) is 13.5. The summed E-state index contributed by atoms with van der Waals surface area (Å²) in [7, 11) is 2.19. The van der Waals surface area contributed by atoms with Crippen molar-refractivity contribution in [3.8, 4) is 0 Å². The van der Waals surface area contributed by atoms with Gasteiger partial charge in [-0.15, -0.1) is 24.0 Å². The summed E-state index contributed by atoms with van der Waals surface area (Å²) in [5, 5.41) is 9.43. The number of amides is 1. The van der Waals surface area contributed by atoms with E-state index in [4.69, 9.17) is 0 Å². The number of nitrogens with zero attached hydrogens (tertiary/aromatic N) is 3. The lowest BCUT2D eigenvalue weighted by Gasteiger charge is -2.32. The molecule has 8 heteroatoms. The first-order chi connectivity index (χ1) is 11.8. The minimum Gasteiger partial charge on any atom is -0.357 e. The number of likely N-dealkylation sites (N-methyl/N-ethyl adjacent to an activating group) is 1. The molecule has 26 heavy (non-hydrogen) atoms. The summed E-state index contributed by atoms with van der Waals surface area (Å²) < 4.78 is 0. The maximum Gasteiger partial charge on any atom is 0.242 e. The van der Waals surface area contributed by atoms with Gasteiger partial charge in [0, 0.05) is 44.8 Å². The predicted molar refractivity (Wildman–Crippen MR) is 120 cm³/mol. The maximum atomic E-state index is 11.9. The lowest BCUT2D eigenvalue weighted by molar-refractivity contribution is -0.121. The van der Waals surface area contributed by atoms with Crippen LogP contribution >= 0.6 is 24.0 Å². The van der Waals surface area contributed by atoms with Crippen LogP contribution in [-0.4, -0.2) is 86.6 Å². The Bertz CT molecular complexity index is 416. The Hall–Kier alpha value is -0.610. The summed E-state index contributed by atoms with van der Waals surface area (Å²) in [5.41, 5.74) is -0.221. The van der Waals surface area contributed by atoms with E-state index in [9.17, 15) is 4.79 Å². The molecule has 0 atom stereocenters. The summed E-state index contributed by atoms with van der Waals surface area (Å²) in [5.74, 6) is 0.658. The van der Waals surface area contributed by atoms with E-state index in [1.54, 1.807) is 0 Å². The average molecular weight is 482 g/mol. The highest BCUT2D eigenvalue weighted by molar-refractivity contribution is 14.0. The van der Waals surface area contributed by atoms with Crippen LogP contribution in [0.15, 0.2) is 4.99 Å². The number of aliphatic imine (C=N–C) groups is 1. The molecule has 3 N–H and O–H groups in total. The van der Waals surface area contributed by atoms with Crippen LogP contribution in [0.4, 0.5) is 0 Å². The lowest BCUT2D eigenvalue weighted by atomic mass is 10.1. The predicted octanol–water partition coefficient (Wildman–Crippen LogP) is 1.10. The van der Waals surface area contributed by atoms with Crippen molar-refractivity contribution in [2.45, 2.75) is 46.1 Å². The average Bonchev–Trinajstić information content (AvgIpc) is 2.52. The van der Waals surface area contributed by atoms with Crippen molar-refractivity contribution in [1.29, 1.82) is 0 Å². The van der Waals surface area contributed by atoms with E-state index in [1.807, 2.05) is 27.7 Å². The second-order valence-corrected chi connectivity index (χ2v) is 7.77. The van der Waals surface area contributed by atoms with Crippen LogP contribution in [0.1, 0.15) is 40.5 Å². The van der Waals surface area contributed by atoms with E-state index in [0.717, 1.165) is 26.1 Å². The van der Waals surface area contributed by atoms with E-state index >= 15 is 0 Å². The van der Waals surface area contributed by atoms with E-state index in [2.05, 4.69) is 37.8 Å². The van der Waals surface area contributed by atoms with E-state index in [1.165, 1.54) is 32.6 Å². The quantitative estimate of drug-likeness (QED) is 0.209. The minimum atomic E-state index is -0.221. The lowest BCUT2D eigenvalue weighted by Crippen LogP contribution is -2.45. The maximum absolute atomic E-state index is 11.9. The summed E-state index contributed by atoms with van der Waals surface area (Å²) in [6.07, 6.45) is 2.28. The highest BCUT2D eigenvalue weighted by Gasteiger charge is 2.14. The summed E-state index contributed by atoms with van der Waals surface area (Å²) in [6, 6.07) is 0. The highest BCUT2D eigenvalue weighted by atomic mass is 127. The van der Waals surface area contributed by atoms with Gasteiger partial charge in [-0.1, -0.05) is 0 Å². The fourth-order valence-electron chi connectivity index (χ4n) is 2.69. The number of nitrogens with one attached hydrogen (secondary N) is 3. The van der Waals surface area contributed by atoms with Gasteiger partial charge in [-0.25, -0.2) is 4.99 Å². The molecule has 7 nitrogen and oxygen atoms in total. The molecule has 0 aromatic rings. The molecule has 0 aliphatic carbocycles. The van der Waals surface area contributed by atoms with Gasteiger partial charge in [0.05, 0.1) is 0 Å². The number of carbonyl (C=O) groups excluding carboxylic acids is 1. The molecule has 1 aliphatic heterocycles. The molecule has 0 aromatic heterocycles. The molecule has 154 valence electrons. The van der Waals surface area contributed by atoms with E-state index < -0.39 is 0 Å². The van der Waals surface area contributed by atoms with Crippen molar-refractivity contribution in [2.24, 2.45) is 4.99 Å². The first kappa shape index (κ1) is 25.4. The third-order valence-electron chi connectivity index (χ3n) is 4.03. The van der Waals surface area contributed by atoms with Crippen molar-refractivity contribution >= 4 is 35.8 Å². The fourth-order valence-corrected chi connectivity index (χ4v) is 2.69. The number of rotatable bonds is 8. The Morgan fingerprint density at radius 2 is 1.73 bits per heavy atom. The molecule has 1 amide bonds. The van der Waals surface area contributed by atoms with Crippen molar-refractivity contribution in [2.75, 3.05) is 59.4 Å². The summed E-state index contributed by atoms with van der Waals surface area (Å²) in [6.45, 7) is 15.6. The summed E-state index contributed by atoms with van der Waals surface area (Å²) >= 11 is 0. The highest BCUT2D eigenvalue weighted by Crippen LogP contribution is 2.01. The zero-order valence-corrected chi connectivity index (χ0v) is 19.6. The largest absolute Gasteiger partial charge is 0.357 e. The Kier molecular flexibility index (Phi) is 13.2. The Balaban J connectivity index is 0.00000625. The Morgan fingerprint density at radius 1 is 1.08 bits per heavy atom. The van der Waals surface area contributed by atoms with Gasteiger partial charge in [0.25, 0.3) is 0 Å². The molecule has 1 heterocycles. The number of unbranched alkanes of at least 4 members (excludes halogenated alkanes) is 1. The Labute approximate surface area is 176 Å². The first-order valence-corrected chi connectivity index (χ1v) is 9.54. The minimum absolute atomic E-state index is 0. The molecule has 1 rings (SSSR count). The number of piperazine rings is 1. The molecule has 1 aliphatic rings. The molecule has 0 spiro atoms. The van der Waals surface area contributed by atoms with Gasteiger partial charge in [0.1, 0.15) is 6.54 Å². The van der Waals surface area contributed by atoms with Crippen LogP contribution in [-0.2, 0) is 4.79 Å². The fraction of sp³-hybridized carbons (Fsp3) is 0.889. The number of carbonyl (C=O) groups is 1. The molecule has 0 aromatic carbocycles. The van der Waals surface area contributed by atoms with Crippen molar-refractivity contribution < 1.29 is 4.79 Å². The van der Waals surface area contributed by atoms with Gasteiger partial charge in [-0.3, -0.25) is 4.79 Å². The molecule has 0 saturated carbocycles. The van der Waals surface area contributed by atoms with Gasteiger partial charge >= 0.3 is 0 Å². The SMILES string of the molecule is CCNC(=NCC(=O)NC(C)(C)C)NCCCCN1CCN(C)CC1.I. The zero-order chi connectivity index (χ0) is 18.7. The van der Waals surface area contributed by atoms with Crippen molar-refractivity contribution in [3.05, 3.63) is 0 Å². The van der Waals surface area contributed by atoms with Crippen LogP contribution in [0, 0.1) is 0 Å². The molecule has 0 radical (unpaired) electrons. The standard InChI is InChI=1S/C18H38N6O.HI/c1-6-19-17(21-15-16(25)22-18(2,3)4)20-9-7-8-10-24-13-11-23(5)12-14-24;/h6-15H2,1-5H3,(H,22,25)(H2,19,20,21);1H. The van der Waals surface area contributed by atoms with Gasteiger partial charge in [0.15, 0.2) is 5.96 Å². The van der Waals surface area contributed by atoms with Crippen LogP contribution in [0.25, 0.3) is 0 Å². The molecular weight excluding hydrogens is 443 g/mol. The third-order valence-corrected chi connectivity index (χ3v) is 4.03. The molecule has 0 bridgehead atoms. The second-order valence-electron chi connectivity index (χ2n) is 7.77. The van der Waals surface area contributed by atoms with Gasteiger partial charge in [0.2, 0.25) is 5.91 Å². The number of hydrogen-bond donors (Lipinski definition) is 3. The van der Waals surface area contributed by atoms with Crippen LogP contribution in [0.3, 0.4) is 0 Å². The van der Waals surface area contributed by atoms with E-state index in [0.29, 0.717) is 5.96 Å². The molecular formula is C18H39IN6O. The summed E-state index contributed by atoms with van der Waals surface area (Å²) in [4.78, 5) is 21.1. The topological polar surface area (TPSA) is 72.0 Å². The van der Waals surface area contributed by atoms with Crippen molar-refractivity contribution in [1.82, 2.24) is 25.8 Å². The zero-order valence-electron chi connectivity index (χ0n) is 17.2. The molecule has 0 unspecified atom stereocenters. The Morgan fingerprint density at radius 3 is 2.31 bits per heavy atom. The number of hydrogen-bond acceptors (Lipinski definition) is 4. The van der Waals surface area contributed by atoms with Crippen LogP contribution < -0.4 is 16.0 Å². The van der Waals surface area contributed by atoms with Gasteiger partial charge < -0.3 is 25.8 Å². The van der Waals surface area contributed by atoms with E-state index in [-0.39, 0.29) is 42.0 Å². The van der Waals surface area contributed by atoms with Gasteiger partial charge in [-0.2, -0.15) is 0 Å². The van der Waals surface area contributed by atoms with Crippen LogP contribution in [0.2, 0.25) is 0 Å². The molecule has 1 saturated heterocycles. The first-order valence-electron chi connectivity index (χ1n) is 9.54. The third kappa shape index (κ3) is 12.7. The number of halogens is 1. The van der Waals surface area contributed by atoms with Gasteiger partial charge in [-0.05, 0) is 54.1 Å². The van der Waals surface area contributed by atoms with Crippen molar-refractivity contribution in [3.63, 3.8) is 0 Å². The monoisotopic (exact) mass is 482 g/mol. The number of guanidine groups is 1. The van der Waals surface area contributed by atoms with Crippen LogP contribution in [0.5, 0.6) is 0 Å².